The van der Waals surface area contributed by atoms with Crippen molar-refractivity contribution in [2.75, 3.05) is 24.3 Å². The molecule has 0 aliphatic heterocycles. The minimum Gasteiger partial charge on any atom is -0.376 e. The number of nitrogens with zero attached hydrogens (tertiary/aromatic N) is 2. The highest BCUT2D eigenvalue weighted by molar-refractivity contribution is 7.14. The van der Waals surface area contributed by atoms with Crippen LogP contribution in [0.4, 0.5) is 11.4 Å². The third-order valence-electron chi connectivity index (χ3n) is 3.93. The number of thiazole rings is 1. The van der Waals surface area contributed by atoms with E-state index in [2.05, 4.69) is 22.4 Å². The SMILES string of the molecule is Cc1nc(Cc2ccccc2)sc1C(=O)Nc1cc(Cl)ccc1N(C)C. The molecule has 0 bridgehead atoms. The number of rotatable bonds is 5. The van der Waals surface area contributed by atoms with Gasteiger partial charge in [0.2, 0.25) is 0 Å². The predicted octanol–water partition coefficient (Wildman–Crippen LogP) is 5.01. The summed E-state index contributed by atoms with van der Waals surface area (Å²) in [6.45, 7) is 1.87. The van der Waals surface area contributed by atoms with Gasteiger partial charge in [-0.2, -0.15) is 0 Å². The number of carbonyl (C=O) groups is 1. The first-order valence-electron chi connectivity index (χ1n) is 8.22. The topological polar surface area (TPSA) is 45.2 Å². The van der Waals surface area contributed by atoms with E-state index < -0.39 is 0 Å². The van der Waals surface area contributed by atoms with Crippen LogP contribution in [0, 0.1) is 6.92 Å². The molecule has 6 heteroatoms. The summed E-state index contributed by atoms with van der Waals surface area (Å²) in [5.74, 6) is -0.162. The Balaban J connectivity index is 1.82. The number of halogens is 1. The molecular weight excluding hydrogens is 366 g/mol. The summed E-state index contributed by atoms with van der Waals surface area (Å²) in [4.78, 5) is 19.9. The second-order valence-electron chi connectivity index (χ2n) is 6.19. The Kier molecular flexibility index (Phi) is 5.59. The van der Waals surface area contributed by atoms with Crippen molar-refractivity contribution in [3.8, 4) is 0 Å². The lowest BCUT2D eigenvalue weighted by Gasteiger charge is -2.18. The fraction of sp³-hybridized carbons (Fsp3) is 0.200. The van der Waals surface area contributed by atoms with Crippen molar-refractivity contribution < 1.29 is 4.79 Å². The van der Waals surface area contributed by atoms with Gasteiger partial charge in [0.05, 0.1) is 22.1 Å². The quantitative estimate of drug-likeness (QED) is 0.671. The van der Waals surface area contributed by atoms with Gasteiger partial charge in [0, 0.05) is 25.5 Å². The molecule has 3 aromatic rings. The minimum atomic E-state index is -0.162. The number of hydrogen-bond acceptors (Lipinski definition) is 4. The molecule has 1 heterocycles. The van der Waals surface area contributed by atoms with Crippen molar-refractivity contribution in [3.05, 3.63) is 74.7 Å². The van der Waals surface area contributed by atoms with E-state index >= 15 is 0 Å². The molecule has 3 rings (SSSR count). The number of carbonyl (C=O) groups excluding carboxylic acids is 1. The van der Waals surface area contributed by atoms with Crippen LogP contribution in [0.5, 0.6) is 0 Å². The van der Waals surface area contributed by atoms with Gasteiger partial charge in [-0.3, -0.25) is 4.79 Å². The highest BCUT2D eigenvalue weighted by Gasteiger charge is 2.17. The number of aromatic nitrogens is 1. The van der Waals surface area contributed by atoms with E-state index in [4.69, 9.17) is 11.6 Å². The monoisotopic (exact) mass is 385 g/mol. The Morgan fingerprint density at radius 2 is 1.92 bits per heavy atom. The molecule has 1 aromatic heterocycles. The Morgan fingerprint density at radius 3 is 2.62 bits per heavy atom. The molecule has 26 heavy (non-hydrogen) atoms. The molecule has 0 spiro atoms. The Morgan fingerprint density at radius 1 is 1.19 bits per heavy atom. The molecule has 0 unspecified atom stereocenters. The third-order valence-corrected chi connectivity index (χ3v) is 5.33. The van der Waals surface area contributed by atoms with Crippen molar-refractivity contribution >= 4 is 40.2 Å². The molecular formula is C20H20ClN3OS. The number of benzene rings is 2. The average Bonchev–Trinajstić information content (AvgIpc) is 2.96. The average molecular weight is 386 g/mol. The Bertz CT molecular complexity index is 922. The zero-order chi connectivity index (χ0) is 18.7. The van der Waals surface area contributed by atoms with E-state index in [1.54, 1.807) is 6.07 Å². The maximum atomic E-state index is 12.8. The standard InChI is InChI=1S/C20H20ClN3OS/c1-13-19(26-18(22-13)11-14-7-5-4-6-8-14)20(25)23-16-12-15(21)9-10-17(16)24(2)3/h4-10,12H,11H2,1-3H3,(H,23,25). The smallest absolute Gasteiger partial charge is 0.267 e. The zero-order valence-electron chi connectivity index (χ0n) is 14.9. The van der Waals surface area contributed by atoms with Gasteiger partial charge in [-0.25, -0.2) is 4.98 Å². The van der Waals surface area contributed by atoms with Crippen LogP contribution in [-0.4, -0.2) is 25.0 Å². The maximum Gasteiger partial charge on any atom is 0.267 e. The first-order valence-corrected chi connectivity index (χ1v) is 9.42. The van der Waals surface area contributed by atoms with Crippen molar-refractivity contribution in [2.45, 2.75) is 13.3 Å². The predicted molar refractivity (Wildman–Crippen MR) is 110 cm³/mol. The largest absolute Gasteiger partial charge is 0.376 e. The van der Waals surface area contributed by atoms with E-state index in [9.17, 15) is 4.79 Å². The highest BCUT2D eigenvalue weighted by Crippen LogP contribution is 2.29. The van der Waals surface area contributed by atoms with E-state index in [1.165, 1.54) is 16.9 Å². The fourth-order valence-electron chi connectivity index (χ4n) is 2.69. The summed E-state index contributed by atoms with van der Waals surface area (Å²) in [5, 5.41) is 4.48. The van der Waals surface area contributed by atoms with Gasteiger partial charge in [0.25, 0.3) is 5.91 Å². The molecule has 1 amide bonds. The van der Waals surface area contributed by atoms with Crippen LogP contribution in [0.1, 0.15) is 25.9 Å². The molecule has 2 aromatic carbocycles. The van der Waals surface area contributed by atoms with Gasteiger partial charge >= 0.3 is 0 Å². The van der Waals surface area contributed by atoms with Crippen molar-refractivity contribution in [2.24, 2.45) is 0 Å². The van der Waals surface area contributed by atoms with Crippen LogP contribution < -0.4 is 10.2 Å². The van der Waals surface area contributed by atoms with Crippen LogP contribution in [0.3, 0.4) is 0 Å². The van der Waals surface area contributed by atoms with E-state index in [-0.39, 0.29) is 5.91 Å². The third kappa shape index (κ3) is 4.23. The van der Waals surface area contributed by atoms with Gasteiger partial charge in [-0.15, -0.1) is 11.3 Å². The number of aryl methyl sites for hydroxylation is 1. The summed E-state index contributed by atoms with van der Waals surface area (Å²) < 4.78 is 0. The lowest BCUT2D eigenvalue weighted by Crippen LogP contribution is -2.16. The minimum absolute atomic E-state index is 0.162. The van der Waals surface area contributed by atoms with E-state index in [0.29, 0.717) is 15.6 Å². The molecule has 1 N–H and O–H groups in total. The van der Waals surface area contributed by atoms with Crippen LogP contribution >= 0.6 is 22.9 Å². The molecule has 0 fully saturated rings. The second-order valence-corrected chi connectivity index (χ2v) is 7.71. The second kappa shape index (κ2) is 7.89. The zero-order valence-corrected chi connectivity index (χ0v) is 16.5. The van der Waals surface area contributed by atoms with Crippen LogP contribution in [0.2, 0.25) is 5.02 Å². The highest BCUT2D eigenvalue weighted by atomic mass is 35.5. The molecule has 0 aliphatic carbocycles. The maximum absolute atomic E-state index is 12.8. The first kappa shape index (κ1) is 18.4. The Labute approximate surface area is 162 Å². The number of nitrogens with one attached hydrogen (secondary N) is 1. The van der Waals surface area contributed by atoms with Crippen LogP contribution in [0.25, 0.3) is 0 Å². The summed E-state index contributed by atoms with van der Waals surface area (Å²) in [6.07, 6.45) is 0.722. The van der Waals surface area contributed by atoms with Crippen molar-refractivity contribution in [1.82, 2.24) is 4.98 Å². The van der Waals surface area contributed by atoms with Gasteiger partial charge in [-0.1, -0.05) is 41.9 Å². The Hall–Kier alpha value is -2.37. The number of amides is 1. The molecule has 0 aliphatic rings. The van der Waals surface area contributed by atoms with Crippen molar-refractivity contribution in [3.63, 3.8) is 0 Å². The van der Waals surface area contributed by atoms with Gasteiger partial charge in [0.15, 0.2) is 0 Å². The van der Waals surface area contributed by atoms with Gasteiger partial charge < -0.3 is 10.2 Å². The molecule has 0 radical (unpaired) electrons. The summed E-state index contributed by atoms with van der Waals surface area (Å²) in [5.41, 5.74) is 3.50. The van der Waals surface area contributed by atoms with Crippen LogP contribution in [-0.2, 0) is 6.42 Å². The molecule has 4 nitrogen and oxygen atoms in total. The molecule has 0 saturated carbocycles. The first-order chi connectivity index (χ1) is 12.4. The number of hydrogen-bond donors (Lipinski definition) is 1. The van der Waals surface area contributed by atoms with Crippen LogP contribution in [0.15, 0.2) is 48.5 Å². The van der Waals surface area contributed by atoms with Gasteiger partial charge in [-0.05, 0) is 30.7 Å². The molecule has 0 saturated heterocycles. The van der Waals surface area contributed by atoms with E-state index in [1.807, 2.05) is 56.3 Å². The van der Waals surface area contributed by atoms with Gasteiger partial charge in [0.1, 0.15) is 4.88 Å². The lowest BCUT2D eigenvalue weighted by atomic mass is 10.2. The molecule has 0 atom stereocenters. The van der Waals surface area contributed by atoms with Crippen molar-refractivity contribution in [1.29, 1.82) is 0 Å². The van der Waals surface area contributed by atoms with E-state index in [0.717, 1.165) is 22.8 Å². The fourth-order valence-corrected chi connectivity index (χ4v) is 3.85. The normalized spacial score (nSPS) is 10.6. The summed E-state index contributed by atoms with van der Waals surface area (Å²) in [7, 11) is 3.85. The number of anilines is 2. The lowest BCUT2D eigenvalue weighted by molar-refractivity contribution is 0.103. The summed E-state index contributed by atoms with van der Waals surface area (Å²) in [6, 6.07) is 15.6. The summed E-state index contributed by atoms with van der Waals surface area (Å²) >= 11 is 7.53. The molecule has 134 valence electrons.